The number of benzene rings is 1. The van der Waals surface area contributed by atoms with Gasteiger partial charge in [-0.15, -0.1) is 0 Å². The summed E-state index contributed by atoms with van der Waals surface area (Å²) >= 11 is 0. The fourth-order valence-corrected chi connectivity index (χ4v) is 3.23. The molecule has 3 amide bonds. The van der Waals surface area contributed by atoms with E-state index in [4.69, 9.17) is 5.11 Å². The molecule has 7 heteroatoms. The van der Waals surface area contributed by atoms with Crippen LogP contribution in [-0.4, -0.2) is 59.0 Å². The molecule has 128 valence electrons. The van der Waals surface area contributed by atoms with E-state index in [1.54, 1.807) is 4.90 Å². The van der Waals surface area contributed by atoms with Gasteiger partial charge in [0.05, 0.1) is 12.5 Å². The molecular formula is C17H21N3O4. The normalized spacial score (nSPS) is 19.8. The van der Waals surface area contributed by atoms with E-state index in [9.17, 15) is 14.4 Å². The summed E-state index contributed by atoms with van der Waals surface area (Å²) in [5.74, 6) is -1.60. The maximum atomic E-state index is 12.2. The molecule has 2 heterocycles. The number of carboxylic acid groups (broad SMARTS) is 1. The van der Waals surface area contributed by atoms with E-state index in [-0.39, 0.29) is 25.0 Å². The van der Waals surface area contributed by atoms with E-state index in [1.165, 1.54) is 10.5 Å². The van der Waals surface area contributed by atoms with Gasteiger partial charge in [-0.3, -0.25) is 9.59 Å². The van der Waals surface area contributed by atoms with Crippen LogP contribution in [0.15, 0.2) is 24.3 Å². The van der Waals surface area contributed by atoms with Crippen LogP contribution in [-0.2, 0) is 22.6 Å². The molecule has 0 bridgehead atoms. The Morgan fingerprint density at radius 1 is 1.12 bits per heavy atom. The number of aliphatic carboxylic acids is 1. The fraction of sp³-hybridized carbons (Fsp3) is 0.471. The topological polar surface area (TPSA) is 90.0 Å². The molecule has 1 saturated heterocycles. The van der Waals surface area contributed by atoms with Gasteiger partial charge in [0.15, 0.2) is 0 Å². The minimum absolute atomic E-state index is 0.0939. The van der Waals surface area contributed by atoms with E-state index < -0.39 is 11.9 Å². The van der Waals surface area contributed by atoms with Crippen molar-refractivity contribution >= 4 is 17.9 Å². The number of hydrogen-bond acceptors (Lipinski definition) is 3. The van der Waals surface area contributed by atoms with Crippen molar-refractivity contribution in [2.24, 2.45) is 5.92 Å². The molecule has 1 atom stereocenters. The molecular weight excluding hydrogens is 310 g/mol. The highest BCUT2D eigenvalue weighted by Gasteiger charge is 2.31. The summed E-state index contributed by atoms with van der Waals surface area (Å²) in [6, 6.07) is 7.77. The van der Waals surface area contributed by atoms with Crippen LogP contribution in [0.2, 0.25) is 0 Å². The standard InChI is InChI=1S/C17H21N3O4/c21-15(19-7-6-14(11-19)16(22)23)9-18-17(24)20-8-5-12-3-1-2-4-13(12)10-20/h1-4,14H,5-11H2,(H,18,24)(H,22,23). The largest absolute Gasteiger partial charge is 0.481 e. The van der Waals surface area contributed by atoms with E-state index in [2.05, 4.69) is 11.4 Å². The van der Waals surface area contributed by atoms with Gasteiger partial charge in [-0.25, -0.2) is 4.79 Å². The Labute approximate surface area is 140 Å². The van der Waals surface area contributed by atoms with Crippen molar-refractivity contribution in [3.8, 4) is 0 Å². The Morgan fingerprint density at radius 2 is 1.88 bits per heavy atom. The number of rotatable bonds is 3. The Hall–Kier alpha value is -2.57. The van der Waals surface area contributed by atoms with Crippen LogP contribution in [0.3, 0.4) is 0 Å². The zero-order chi connectivity index (χ0) is 17.1. The van der Waals surface area contributed by atoms with E-state index in [0.717, 1.165) is 12.0 Å². The molecule has 24 heavy (non-hydrogen) atoms. The highest BCUT2D eigenvalue weighted by Crippen LogP contribution is 2.18. The van der Waals surface area contributed by atoms with Crippen LogP contribution in [0.1, 0.15) is 17.5 Å². The average Bonchev–Trinajstić information content (AvgIpc) is 3.09. The van der Waals surface area contributed by atoms with Crippen molar-refractivity contribution in [2.45, 2.75) is 19.4 Å². The Bertz CT molecular complexity index is 661. The third kappa shape index (κ3) is 3.50. The maximum Gasteiger partial charge on any atom is 0.318 e. The van der Waals surface area contributed by atoms with Crippen LogP contribution < -0.4 is 5.32 Å². The fourth-order valence-electron chi connectivity index (χ4n) is 3.23. The van der Waals surface area contributed by atoms with Gasteiger partial charge in [-0.05, 0) is 24.0 Å². The van der Waals surface area contributed by atoms with E-state index in [0.29, 0.717) is 26.1 Å². The molecule has 2 aliphatic heterocycles. The molecule has 1 aromatic carbocycles. The van der Waals surface area contributed by atoms with Crippen LogP contribution >= 0.6 is 0 Å². The van der Waals surface area contributed by atoms with Gasteiger partial charge in [-0.1, -0.05) is 24.3 Å². The van der Waals surface area contributed by atoms with Gasteiger partial charge < -0.3 is 20.2 Å². The van der Waals surface area contributed by atoms with Gasteiger partial charge in [0.2, 0.25) is 5.91 Å². The van der Waals surface area contributed by atoms with Crippen molar-refractivity contribution in [2.75, 3.05) is 26.2 Å². The Balaban J connectivity index is 1.48. The first-order valence-electron chi connectivity index (χ1n) is 8.14. The number of hydrogen-bond donors (Lipinski definition) is 2. The zero-order valence-corrected chi connectivity index (χ0v) is 13.4. The summed E-state index contributed by atoms with van der Waals surface area (Å²) in [6.45, 7) is 1.73. The molecule has 1 unspecified atom stereocenters. The SMILES string of the molecule is O=C(O)C1CCN(C(=O)CNC(=O)N2CCc3ccccc3C2)C1. The summed E-state index contributed by atoms with van der Waals surface area (Å²) in [5, 5.41) is 11.6. The average molecular weight is 331 g/mol. The van der Waals surface area contributed by atoms with Gasteiger partial charge >= 0.3 is 12.0 Å². The molecule has 0 spiro atoms. The summed E-state index contributed by atoms with van der Waals surface area (Å²) in [4.78, 5) is 38.5. The van der Waals surface area contributed by atoms with Crippen molar-refractivity contribution < 1.29 is 19.5 Å². The molecule has 1 fully saturated rings. The van der Waals surface area contributed by atoms with Gasteiger partial charge in [-0.2, -0.15) is 0 Å². The monoisotopic (exact) mass is 331 g/mol. The molecule has 3 rings (SSSR count). The first kappa shape index (κ1) is 16.3. The number of carbonyl (C=O) groups is 3. The molecule has 0 aliphatic carbocycles. The third-order valence-corrected chi connectivity index (χ3v) is 4.70. The summed E-state index contributed by atoms with van der Waals surface area (Å²) in [6.07, 6.45) is 1.28. The second-order valence-corrected chi connectivity index (χ2v) is 6.26. The van der Waals surface area contributed by atoms with Crippen molar-refractivity contribution in [3.05, 3.63) is 35.4 Å². The smallest absolute Gasteiger partial charge is 0.318 e. The molecule has 0 aromatic heterocycles. The van der Waals surface area contributed by atoms with E-state index in [1.807, 2.05) is 18.2 Å². The third-order valence-electron chi connectivity index (χ3n) is 4.70. The van der Waals surface area contributed by atoms with Gasteiger partial charge in [0.1, 0.15) is 0 Å². The first-order valence-corrected chi connectivity index (χ1v) is 8.14. The van der Waals surface area contributed by atoms with Crippen LogP contribution in [0.5, 0.6) is 0 Å². The lowest BCUT2D eigenvalue weighted by Gasteiger charge is -2.29. The minimum Gasteiger partial charge on any atom is -0.481 e. The predicted molar refractivity (Wildman–Crippen MR) is 86.3 cm³/mol. The van der Waals surface area contributed by atoms with Crippen LogP contribution in [0, 0.1) is 5.92 Å². The predicted octanol–water partition coefficient (Wildman–Crippen LogP) is 0.687. The lowest BCUT2D eigenvalue weighted by Crippen LogP contribution is -2.46. The second-order valence-electron chi connectivity index (χ2n) is 6.26. The molecule has 2 N–H and O–H groups in total. The van der Waals surface area contributed by atoms with Crippen LogP contribution in [0.4, 0.5) is 4.79 Å². The lowest BCUT2D eigenvalue weighted by molar-refractivity contribution is -0.141. The highest BCUT2D eigenvalue weighted by molar-refractivity contribution is 5.85. The first-order chi connectivity index (χ1) is 11.5. The molecule has 7 nitrogen and oxygen atoms in total. The Morgan fingerprint density at radius 3 is 2.58 bits per heavy atom. The number of carbonyl (C=O) groups excluding carboxylic acids is 2. The highest BCUT2D eigenvalue weighted by atomic mass is 16.4. The minimum atomic E-state index is -0.874. The molecule has 1 aromatic rings. The number of urea groups is 1. The summed E-state index contributed by atoms with van der Waals surface area (Å²) in [7, 11) is 0. The lowest BCUT2D eigenvalue weighted by atomic mass is 10.0. The number of fused-ring (bicyclic) bond motifs is 1. The zero-order valence-electron chi connectivity index (χ0n) is 13.4. The number of amides is 3. The number of nitrogens with one attached hydrogen (secondary N) is 1. The molecule has 0 saturated carbocycles. The molecule has 2 aliphatic rings. The van der Waals surface area contributed by atoms with Gasteiger partial charge in [0.25, 0.3) is 0 Å². The maximum absolute atomic E-state index is 12.2. The quantitative estimate of drug-likeness (QED) is 0.853. The second kappa shape index (κ2) is 6.90. The van der Waals surface area contributed by atoms with Crippen molar-refractivity contribution in [1.82, 2.24) is 15.1 Å². The van der Waals surface area contributed by atoms with Crippen LogP contribution in [0.25, 0.3) is 0 Å². The van der Waals surface area contributed by atoms with E-state index >= 15 is 0 Å². The van der Waals surface area contributed by atoms with Crippen molar-refractivity contribution in [1.29, 1.82) is 0 Å². The summed E-state index contributed by atoms with van der Waals surface area (Å²) < 4.78 is 0. The van der Waals surface area contributed by atoms with Crippen molar-refractivity contribution in [3.63, 3.8) is 0 Å². The molecule has 0 radical (unpaired) electrons. The Kier molecular flexibility index (Phi) is 4.69. The number of carboxylic acids is 1. The number of likely N-dealkylation sites (tertiary alicyclic amines) is 1. The summed E-state index contributed by atoms with van der Waals surface area (Å²) in [5.41, 5.74) is 2.39. The van der Waals surface area contributed by atoms with Gasteiger partial charge in [0, 0.05) is 26.2 Å². The number of nitrogens with zero attached hydrogens (tertiary/aromatic N) is 2.